The molecule has 0 saturated carbocycles. The third kappa shape index (κ3) is 3.69. The third-order valence-corrected chi connectivity index (χ3v) is 4.32. The van der Waals surface area contributed by atoms with Gasteiger partial charge >= 0.3 is 0 Å². The lowest BCUT2D eigenvalue weighted by Crippen LogP contribution is -1.92. The number of methoxy groups -OCH3 is 2. The molecule has 0 N–H and O–H groups in total. The van der Waals surface area contributed by atoms with E-state index in [0.717, 1.165) is 11.1 Å². The predicted molar refractivity (Wildman–Crippen MR) is 103 cm³/mol. The fourth-order valence-electron chi connectivity index (χ4n) is 2.48. The van der Waals surface area contributed by atoms with Crippen molar-refractivity contribution in [3.05, 3.63) is 58.4 Å². The summed E-state index contributed by atoms with van der Waals surface area (Å²) < 4.78 is 15.8. The Hall–Kier alpha value is -2.50. The van der Waals surface area contributed by atoms with Crippen molar-refractivity contribution < 1.29 is 14.0 Å². The van der Waals surface area contributed by atoms with E-state index in [1.165, 1.54) is 14.2 Å². The Kier molecular flexibility index (Phi) is 5.49. The number of hydrogen-bond acceptors (Lipinski definition) is 5. The average Bonchev–Trinajstić information content (AvgIpc) is 3.11. The van der Waals surface area contributed by atoms with Gasteiger partial charge in [-0.25, -0.2) is 0 Å². The smallest absolute Gasteiger partial charge is 0.269 e. The summed E-state index contributed by atoms with van der Waals surface area (Å²) in [7, 11) is 3.06. The molecule has 0 amide bonds. The first-order valence-electron chi connectivity index (χ1n) is 7.72. The molecule has 0 radical (unpaired) electrons. The van der Waals surface area contributed by atoms with E-state index in [9.17, 15) is 0 Å². The van der Waals surface area contributed by atoms with Crippen LogP contribution < -0.4 is 9.47 Å². The molecule has 0 unspecified atom stereocenters. The van der Waals surface area contributed by atoms with Crippen molar-refractivity contribution >= 4 is 34.3 Å². The monoisotopic (exact) mass is 390 g/mol. The fraction of sp³-hybridized carbons (Fsp3) is 0.158. The van der Waals surface area contributed by atoms with E-state index in [-0.39, 0.29) is 5.89 Å². The van der Waals surface area contributed by atoms with Gasteiger partial charge in [-0.3, -0.25) is 0 Å². The number of halogens is 2. The van der Waals surface area contributed by atoms with Crippen LogP contribution in [0.2, 0.25) is 5.02 Å². The van der Waals surface area contributed by atoms with Gasteiger partial charge in [-0.1, -0.05) is 52.6 Å². The summed E-state index contributed by atoms with van der Waals surface area (Å²) >= 11 is 12.6. The molecule has 7 heteroatoms. The molecular formula is C19H16Cl2N2O3. The minimum Gasteiger partial charge on any atom is -0.493 e. The van der Waals surface area contributed by atoms with E-state index in [0.29, 0.717) is 32.9 Å². The van der Waals surface area contributed by atoms with Crippen LogP contribution in [-0.2, 0) is 0 Å². The number of aryl methyl sites for hydroxylation is 1. The molecule has 0 atom stereocenters. The Labute approximate surface area is 161 Å². The van der Waals surface area contributed by atoms with Gasteiger partial charge in [0.05, 0.1) is 19.2 Å². The molecule has 0 spiro atoms. The van der Waals surface area contributed by atoms with Crippen LogP contribution in [0.5, 0.6) is 11.5 Å². The van der Waals surface area contributed by atoms with Crippen molar-refractivity contribution in [2.75, 3.05) is 14.2 Å². The second-order valence-electron chi connectivity index (χ2n) is 5.47. The van der Waals surface area contributed by atoms with Gasteiger partial charge in [-0.05, 0) is 36.3 Å². The Morgan fingerprint density at radius 3 is 2.62 bits per heavy atom. The molecule has 1 aromatic heterocycles. The second kappa shape index (κ2) is 7.81. The highest BCUT2D eigenvalue weighted by Gasteiger charge is 2.14. The van der Waals surface area contributed by atoms with Crippen molar-refractivity contribution in [2.24, 2.45) is 0 Å². The van der Waals surface area contributed by atoms with Gasteiger partial charge in [0.15, 0.2) is 11.5 Å². The number of hydrogen-bond donors (Lipinski definition) is 0. The van der Waals surface area contributed by atoms with Gasteiger partial charge < -0.3 is 14.0 Å². The fourth-order valence-corrected chi connectivity index (χ4v) is 2.98. The van der Waals surface area contributed by atoms with Gasteiger partial charge in [0, 0.05) is 5.56 Å². The van der Waals surface area contributed by atoms with Crippen molar-refractivity contribution in [3.63, 3.8) is 0 Å². The first-order chi connectivity index (χ1) is 12.5. The van der Waals surface area contributed by atoms with Gasteiger partial charge in [0.25, 0.3) is 5.89 Å². The van der Waals surface area contributed by atoms with Crippen LogP contribution in [0.3, 0.4) is 0 Å². The third-order valence-electron chi connectivity index (χ3n) is 3.77. The number of aromatic nitrogens is 2. The summed E-state index contributed by atoms with van der Waals surface area (Å²) in [6.45, 7) is 1.98. The van der Waals surface area contributed by atoms with Crippen LogP contribution >= 0.6 is 23.2 Å². The summed E-state index contributed by atoms with van der Waals surface area (Å²) in [6, 6.07) is 11.2. The summed E-state index contributed by atoms with van der Waals surface area (Å²) in [4.78, 5) is 4.37. The van der Waals surface area contributed by atoms with Crippen LogP contribution in [-0.4, -0.2) is 24.4 Å². The van der Waals surface area contributed by atoms with Crippen molar-refractivity contribution in [1.29, 1.82) is 0 Å². The highest BCUT2D eigenvalue weighted by Crippen LogP contribution is 2.37. The molecule has 2 aromatic carbocycles. The first kappa shape index (κ1) is 18.3. The van der Waals surface area contributed by atoms with Gasteiger partial charge in [-0.15, -0.1) is 0 Å². The lowest BCUT2D eigenvalue weighted by atomic mass is 10.1. The largest absolute Gasteiger partial charge is 0.493 e. The van der Waals surface area contributed by atoms with Crippen molar-refractivity contribution in [2.45, 2.75) is 6.92 Å². The van der Waals surface area contributed by atoms with E-state index in [1.807, 2.05) is 31.2 Å². The maximum atomic E-state index is 6.35. The molecule has 3 aromatic rings. The Bertz CT molecular complexity index is 967. The van der Waals surface area contributed by atoms with Crippen LogP contribution in [0.25, 0.3) is 22.5 Å². The predicted octanol–water partition coefficient (Wildman–Crippen LogP) is 5.45. The Balaban J connectivity index is 1.94. The molecule has 0 aliphatic carbocycles. The molecule has 26 heavy (non-hydrogen) atoms. The highest BCUT2D eigenvalue weighted by atomic mass is 35.5. The SMILES string of the molecule is COc1cc(/C=C(\Cl)c2nc(-c3ccccc3C)no2)cc(Cl)c1OC. The Morgan fingerprint density at radius 1 is 1.15 bits per heavy atom. The molecule has 5 nitrogen and oxygen atoms in total. The number of ether oxygens (including phenoxy) is 2. The number of benzene rings is 2. The van der Waals surface area contributed by atoms with E-state index in [2.05, 4.69) is 10.1 Å². The molecule has 134 valence electrons. The summed E-state index contributed by atoms with van der Waals surface area (Å²) in [6.07, 6.45) is 1.67. The van der Waals surface area contributed by atoms with E-state index < -0.39 is 0 Å². The minimum atomic E-state index is 0.218. The zero-order valence-electron chi connectivity index (χ0n) is 14.4. The van der Waals surface area contributed by atoms with Gasteiger partial charge in [0.1, 0.15) is 5.03 Å². The molecular weight excluding hydrogens is 375 g/mol. The second-order valence-corrected chi connectivity index (χ2v) is 6.28. The number of nitrogens with zero attached hydrogens (tertiary/aromatic N) is 2. The molecule has 0 fully saturated rings. The lowest BCUT2D eigenvalue weighted by molar-refractivity contribution is 0.355. The van der Waals surface area contributed by atoms with Crippen LogP contribution in [0, 0.1) is 6.92 Å². The molecule has 0 aliphatic heterocycles. The lowest BCUT2D eigenvalue weighted by Gasteiger charge is -2.10. The van der Waals surface area contributed by atoms with Crippen LogP contribution in [0.4, 0.5) is 0 Å². The van der Waals surface area contributed by atoms with E-state index in [4.69, 9.17) is 37.2 Å². The molecule has 0 saturated heterocycles. The van der Waals surface area contributed by atoms with Gasteiger partial charge in [-0.2, -0.15) is 4.98 Å². The summed E-state index contributed by atoms with van der Waals surface area (Å²) in [5, 5.41) is 4.71. The summed E-state index contributed by atoms with van der Waals surface area (Å²) in [5.41, 5.74) is 2.65. The highest BCUT2D eigenvalue weighted by molar-refractivity contribution is 6.50. The van der Waals surface area contributed by atoms with Gasteiger partial charge in [0.2, 0.25) is 5.82 Å². The van der Waals surface area contributed by atoms with Crippen LogP contribution in [0.1, 0.15) is 17.0 Å². The normalized spacial score (nSPS) is 11.5. The van der Waals surface area contributed by atoms with Crippen LogP contribution in [0.15, 0.2) is 40.9 Å². The average molecular weight is 391 g/mol. The van der Waals surface area contributed by atoms with E-state index >= 15 is 0 Å². The molecule has 0 bridgehead atoms. The summed E-state index contributed by atoms with van der Waals surface area (Å²) in [5.74, 6) is 1.66. The molecule has 1 heterocycles. The zero-order chi connectivity index (χ0) is 18.7. The van der Waals surface area contributed by atoms with Crippen molar-refractivity contribution in [3.8, 4) is 22.9 Å². The standard InChI is InChI=1S/C19H16Cl2N2O3/c1-11-6-4-5-7-13(11)18-22-19(26-23-18)15(21)9-12-8-14(20)17(25-3)16(10-12)24-2/h4-10H,1-3H3/b15-9-. The first-order valence-corrected chi connectivity index (χ1v) is 8.48. The maximum Gasteiger partial charge on any atom is 0.269 e. The Morgan fingerprint density at radius 2 is 1.92 bits per heavy atom. The topological polar surface area (TPSA) is 57.4 Å². The maximum absolute atomic E-state index is 6.35. The number of rotatable bonds is 5. The molecule has 3 rings (SSSR count). The minimum absolute atomic E-state index is 0.218. The molecule has 0 aliphatic rings. The van der Waals surface area contributed by atoms with Crippen molar-refractivity contribution in [1.82, 2.24) is 10.1 Å². The van der Waals surface area contributed by atoms with E-state index in [1.54, 1.807) is 18.2 Å². The zero-order valence-corrected chi connectivity index (χ0v) is 15.9. The quantitative estimate of drug-likeness (QED) is 0.579.